The molecule has 0 unspecified atom stereocenters. The molecule has 1 heterocycles. The van der Waals surface area contributed by atoms with E-state index in [4.69, 9.17) is 0 Å². The summed E-state index contributed by atoms with van der Waals surface area (Å²) in [7, 11) is 0. The minimum Gasteiger partial charge on any atom is -0.396 e. The average molecular weight is 310 g/mol. The number of nitrogens with zero attached hydrogens (tertiary/aromatic N) is 1. The van der Waals surface area contributed by atoms with Crippen molar-refractivity contribution in [2.75, 3.05) is 19.7 Å². The van der Waals surface area contributed by atoms with Gasteiger partial charge in [-0.05, 0) is 37.0 Å². The smallest absolute Gasteiger partial charge is 0.223 e. The molecule has 4 heteroatoms. The lowest BCUT2D eigenvalue weighted by Crippen LogP contribution is -2.51. The number of hydrogen-bond donors (Lipinski definition) is 2. The van der Waals surface area contributed by atoms with E-state index in [1.54, 1.807) is 0 Å². The number of aliphatic hydroxyl groups excluding tert-OH is 1. The zero-order chi connectivity index (χ0) is 16.2. The summed E-state index contributed by atoms with van der Waals surface area (Å²) in [6.07, 6.45) is 7.60. The van der Waals surface area contributed by atoms with Gasteiger partial charge in [-0.3, -0.25) is 4.79 Å². The molecular formula is C18H34N2O2. The van der Waals surface area contributed by atoms with Gasteiger partial charge in [-0.15, -0.1) is 0 Å². The van der Waals surface area contributed by atoms with Crippen LogP contribution in [0.15, 0.2) is 0 Å². The highest BCUT2D eigenvalue weighted by molar-refractivity contribution is 5.76. The Balaban J connectivity index is 1.76. The molecule has 2 atom stereocenters. The number of nitrogens with one attached hydrogen (secondary N) is 1. The second-order valence-corrected chi connectivity index (χ2v) is 8.39. The van der Waals surface area contributed by atoms with Crippen LogP contribution in [0.1, 0.15) is 65.7 Å². The van der Waals surface area contributed by atoms with E-state index >= 15 is 0 Å². The lowest BCUT2D eigenvalue weighted by molar-refractivity contribution is -0.134. The van der Waals surface area contributed by atoms with E-state index in [2.05, 4.69) is 26.1 Å². The highest BCUT2D eigenvalue weighted by Gasteiger charge is 2.30. The van der Waals surface area contributed by atoms with Crippen LogP contribution < -0.4 is 5.32 Å². The molecule has 1 aliphatic heterocycles. The summed E-state index contributed by atoms with van der Waals surface area (Å²) in [6.45, 7) is 8.43. The summed E-state index contributed by atoms with van der Waals surface area (Å²) >= 11 is 0. The fourth-order valence-corrected chi connectivity index (χ4v) is 3.81. The molecule has 128 valence electrons. The standard InChI is InChI=1S/C18H34N2O2/c1-18(2,3)12-17(22)20-10-8-15(9-11-20)19-16-7-5-4-6-14(16)13-21/h14-16,19,21H,4-13H2,1-3H3/t14-,16+/m0/s1. The first-order valence-electron chi connectivity index (χ1n) is 9.04. The third kappa shape index (κ3) is 5.24. The lowest BCUT2D eigenvalue weighted by atomic mass is 9.84. The van der Waals surface area contributed by atoms with Gasteiger partial charge < -0.3 is 15.3 Å². The normalized spacial score (nSPS) is 27.9. The summed E-state index contributed by atoms with van der Waals surface area (Å²) in [5.41, 5.74) is 0.0721. The van der Waals surface area contributed by atoms with E-state index in [0.717, 1.165) is 32.4 Å². The van der Waals surface area contributed by atoms with Crippen LogP contribution in [0.5, 0.6) is 0 Å². The molecule has 2 fully saturated rings. The summed E-state index contributed by atoms with van der Waals surface area (Å²) in [5, 5.41) is 13.3. The Hall–Kier alpha value is -0.610. The Morgan fingerprint density at radius 3 is 2.36 bits per heavy atom. The predicted molar refractivity (Wildman–Crippen MR) is 89.6 cm³/mol. The van der Waals surface area contributed by atoms with Gasteiger partial charge in [0.25, 0.3) is 0 Å². The van der Waals surface area contributed by atoms with E-state index < -0.39 is 0 Å². The molecule has 4 nitrogen and oxygen atoms in total. The number of carbonyl (C=O) groups excluding carboxylic acids is 1. The maximum absolute atomic E-state index is 12.3. The minimum absolute atomic E-state index is 0.0721. The van der Waals surface area contributed by atoms with E-state index in [0.29, 0.717) is 36.9 Å². The van der Waals surface area contributed by atoms with Gasteiger partial charge in [0.05, 0.1) is 0 Å². The fourth-order valence-electron chi connectivity index (χ4n) is 3.81. The highest BCUT2D eigenvalue weighted by atomic mass is 16.3. The molecule has 0 aromatic rings. The quantitative estimate of drug-likeness (QED) is 0.839. The van der Waals surface area contributed by atoms with Crippen LogP contribution >= 0.6 is 0 Å². The monoisotopic (exact) mass is 310 g/mol. The number of likely N-dealkylation sites (tertiary alicyclic amines) is 1. The predicted octanol–water partition coefficient (Wildman–Crippen LogP) is 2.55. The van der Waals surface area contributed by atoms with Crippen molar-refractivity contribution in [3.8, 4) is 0 Å². The molecule has 2 N–H and O–H groups in total. The van der Waals surface area contributed by atoms with Gasteiger partial charge in [-0.25, -0.2) is 0 Å². The molecular weight excluding hydrogens is 276 g/mol. The Morgan fingerprint density at radius 1 is 1.14 bits per heavy atom. The number of piperidine rings is 1. The highest BCUT2D eigenvalue weighted by Crippen LogP contribution is 2.26. The molecule has 0 bridgehead atoms. The second kappa shape index (κ2) is 7.78. The molecule has 1 aliphatic carbocycles. The number of rotatable bonds is 4. The molecule has 2 aliphatic rings. The van der Waals surface area contributed by atoms with E-state index in [9.17, 15) is 9.90 Å². The first kappa shape index (κ1) is 17.7. The van der Waals surface area contributed by atoms with Crippen molar-refractivity contribution in [3.05, 3.63) is 0 Å². The van der Waals surface area contributed by atoms with Crippen LogP contribution in [0.4, 0.5) is 0 Å². The topological polar surface area (TPSA) is 52.6 Å². The fraction of sp³-hybridized carbons (Fsp3) is 0.944. The molecule has 0 aromatic heterocycles. The van der Waals surface area contributed by atoms with Gasteiger partial charge in [-0.1, -0.05) is 33.6 Å². The first-order valence-corrected chi connectivity index (χ1v) is 9.04. The van der Waals surface area contributed by atoms with Gasteiger partial charge in [0.1, 0.15) is 0 Å². The maximum Gasteiger partial charge on any atom is 0.223 e. The van der Waals surface area contributed by atoms with Crippen LogP contribution in [0.3, 0.4) is 0 Å². The third-order valence-electron chi connectivity index (χ3n) is 5.12. The molecule has 1 saturated carbocycles. The summed E-state index contributed by atoms with van der Waals surface area (Å²) in [4.78, 5) is 14.3. The number of carbonyl (C=O) groups is 1. The van der Waals surface area contributed by atoms with Gasteiger partial charge in [0, 0.05) is 38.2 Å². The van der Waals surface area contributed by atoms with Crippen LogP contribution in [-0.2, 0) is 4.79 Å². The third-order valence-corrected chi connectivity index (χ3v) is 5.12. The largest absolute Gasteiger partial charge is 0.396 e. The zero-order valence-electron chi connectivity index (χ0n) is 14.6. The average Bonchev–Trinajstić information content (AvgIpc) is 2.47. The molecule has 1 amide bonds. The Kier molecular flexibility index (Phi) is 6.27. The SMILES string of the molecule is CC(C)(C)CC(=O)N1CCC(N[C@@H]2CCCC[C@H]2CO)CC1. The molecule has 0 spiro atoms. The Bertz CT molecular complexity index is 357. The van der Waals surface area contributed by atoms with Gasteiger partial charge >= 0.3 is 0 Å². The van der Waals surface area contributed by atoms with Crippen molar-refractivity contribution in [1.29, 1.82) is 0 Å². The van der Waals surface area contributed by atoms with Crippen molar-refractivity contribution < 1.29 is 9.90 Å². The van der Waals surface area contributed by atoms with E-state index in [1.165, 1.54) is 19.3 Å². The molecule has 22 heavy (non-hydrogen) atoms. The molecule has 0 radical (unpaired) electrons. The van der Waals surface area contributed by atoms with Gasteiger partial charge in [0.2, 0.25) is 5.91 Å². The van der Waals surface area contributed by atoms with Crippen molar-refractivity contribution in [1.82, 2.24) is 10.2 Å². The van der Waals surface area contributed by atoms with Crippen LogP contribution in [0.2, 0.25) is 0 Å². The number of aliphatic hydroxyl groups is 1. The van der Waals surface area contributed by atoms with Crippen molar-refractivity contribution >= 4 is 5.91 Å². The van der Waals surface area contributed by atoms with Gasteiger partial charge in [-0.2, -0.15) is 0 Å². The van der Waals surface area contributed by atoms with Crippen molar-refractivity contribution in [3.63, 3.8) is 0 Å². The van der Waals surface area contributed by atoms with Crippen LogP contribution in [-0.4, -0.2) is 47.7 Å². The second-order valence-electron chi connectivity index (χ2n) is 8.39. The van der Waals surface area contributed by atoms with Crippen molar-refractivity contribution in [2.24, 2.45) is 11.3 Å². The first-order chi connectivity index (χ1) is 10.4. The minimum atomic E-state index is 0.0721. The number of amides is 1. The Morgan fingerprint density at radius 2 is 1.77 bits per heavy atom. The van der Waals surface area contributed by atoms with E-state index in [1.807, 2.05) is 4.90 Å². The Labute approximate surface area is 135 Å². The summed E-state index contributed by atoms with van der Waals surface area (Å²) in [6, 6.07) is 0.983. The number of hydrogen-bond acceptors (Lipinski definition) is 3. The molecule has 1 saturated heterocycles. The van der Waals surface area contributed by atoms with Crippen molar-refractivity contribution in [2.45, 2.75) is 77.8 Å². The summed E-state index contributed by atoms with van der Waals surface area (Å²) < 4.78 is 0. The zero-order valence-corrected chi connectivity index (χ0v) is 14.6. The summed E-state index contributed by atoms with van der Waals surface area (Å²) in [5.74, 6) is 0.728. The maximum atomic E-state index is 12.3. The van der Waals surface area contributed by atoms with Crippen LogP contribution in [0, 0.1) is 11.3 Å². The molecule has 2 rings (SSSR count). The van der Waals surface area contributed by atoms with Crippen LogP contribution in [0.25, 0.3) is 0 Å². The van der Waals surface area contributed by atoms with E-state index in [-0.39, 0.29) is 5.41 Å². The van der Waals surface area contributed by atoms with Gasteiger partial charge in [0.15, 0.2) is 0 Å². The lowest BCUT2D eigenvalue weighted by Gasteiger charge is -2.38. The molecule has 0 aromatic carbocycles.